The van der Waals surface area contributed by atoms with Crippen LogP contribution < -0.4 is 0 Å². The summed E-state index contributed by atoms with van der Waals surface area (Å²) in [6, 6.07) is 8.26. The van der Waals surface area contributed by atoms with Crippen molar-refractivity contribution in [3.8, 4) is 0 Å². The van der Waals surface area contributed by atoms with Crippen LogP contribution in [0.4, 0.5) is 0 Å². The van der Waals surface area contributed by atoms with Gasteiger partial charge in [0.2, 0.25) is 0 Å². The second kappa shape index (κ2) is 4.98. The number of aliphatic hydroxyl groups is 1. The minimum atomic E-state index is 0.138. The molecular weight excluding hydrogens is 198 g/mol. The van der Waals surface area contributed by atoms with Crippen molar-refractivity contribution in [1.29, 1.82) is 0 Å². The van der Waals surface area contributed by atoms with Gasteiger partial charge in [-0.05, 0) is 23.0 Å². The minimum absolute atomic E-state index is 0.138. The van der Waals surface area contributed by atoms with Crippen LogP contribution >= 0.6 is 0 Å². The summed E-state index contributed by atoms with van der Waals surface area (Å²) in [7, 11) is 0. The average Bonchev–Trinajstić information content (AvgIpc) is 2.23. The molecule has 0 aliphatic carbocycles. The highest BCUT2D eigenvalue weighted by Gasteiger charge is 2.28. The van der Waals surface area contributed by atoms with Gasteiger partial charge in [-0.2, -0.15) is 0 Å². The predicted octanol–water partition coefficient (Wildman–Crippen LogP) is 2.27. The highest BCUT2D eigenvalue weighted by Crippen LogP contribution is 2.24. The number of aliphatic hydroxyl groups excluding tert-OH is 1. The van der Waals surface area contributed by atoms with Crippen molar-refractivity contribution in [2.24, 2.45) is 11.8 Å². The standard InChI is InChI=1S/C14H21NO/c1-11(2)14-8-15(9-14)7-12-3-5-13(10-16)6-4-12/h3-6,11,14,16H,7-10H2,1-2H3. The maximum absolute atomic E-state index is 8.95. The van der Waals surface area contributed by atoms with E-state index in [1.165, 1.54) is 18.7 Å². The zero-order chi connectivity index (χ0) is 11.5. The zero-order valence-electron chi connectivity index (χ0n) is 10.2. The molecular formula is C14H21NO. The van der Waals surface area contributed by atoms with Gasteiger partial charge < -0.3 is 5.11 Å². The van der Waals surface area contributed by atoms with Crippen molar-refractivity contribution in [2.45, 2.75) is 27.0 Å². The fourth-order valence-corrected chi connectivity index (χ4v) is 2.17. The molecule has 1 fully saturated rings. The molecule has 2 heteroatoms. The maximum atomic E-state index is 8.95. The van der Waals surface area contributed by atoms with Crippen LogP contribution in [-0.2, 0) is 13.2 Å². The van der Waals surface area contributed by atoms with E-state index in [0.717, 1.165) is 23.9 Å². The third kappa shape index (κ3) is 2.63. The molecule has 88 valence electrons. The molecule has 0 amide bonds. The van der Waals surface area contributed by atoms with Crippen LogP contribution in [0.15, 0.2) is 24.3 Å². The number of nitrogens with zero attached hydrogens (tertiary/aromatic N) is 1. The lowest BCUT2D eigenvalue weighted by Crippen LogP contribution is -2.48. The van der Waals surface area contributed by atoms with Crippen LogP contribution in [0, 0.1) is 11.8 Å². The Hall–Kier alpha value is -0.860. The van der Waals surface area contributed by atoms with Crippen molar-refractivity contribution < 1.29 is 5.11 Å². The van der Waals surface area contributed by atoms with Crippen molar-refractivity contribution in [1.82, 2.24) is 4.90 Å². The van der Waals surface area contributed by atoms with E-state index in [-0.39, 0.29) is 6.61 Å². The van der Waals surface area contributed by atoms with E-state index in [1.54, 1.807) is 0 Å². The van der Waals surface area contributed by atoms with Crippen molar-refractivity contribution in [3.05, 3.63) is 35.4 Å². The summed E-state index contributed by atoms with van der Waals surface area (Å²) in [5.74, 6) is 1.70. The number of rotatable bonds is 4. The summed E-state index contributed by atoms with van der Waals surface area (Å²) < 4.78 is 0. The minimum Gasteiger partial charge on any atom is -0.392 e. The molecule has 0 saturated carbocycles. The number of hydrogen-bond acceptors (Lipinski definition) is 2. The van der Waals surface area contributed by atoms with Gasteiger partial charge in [0.1, 0.15) is 0 Å². The second-order valence-electron chi connectivity index (χ2n) is 5.17. The van der Waals surface area contributed by atoms with Gasteiger partial charge in [-0.25, -0.2) is 0 Å². The number of benzene rings is 1. The molecule has 1 N–H and O–H groups in total. The van der Waals surface area contributed by atoms with Gasteiger partial charge in [0, 0.05) is 19.6 Å². The quantitative estimate of drug-likeness (QED) is 0.839. The molecule has 1 saturated heterocycles. The lowest BCUT2D eigenvalue weighted by atomic mass is 9.88. The number of hydrogen-bond donors (Lipinski definition) is 1. The number of likely N-dealkylation sites (tertiary alicyclic amines) is 1. The molecule has 2 rings (SSSR count). The largest absolute Gasteiger partial charge is 0.392 e. The van der Waals surface area contributed by atoms with Crippen molar-refractivity contribution >= 4 is 0 Å². The monoisotopic (exact) mass is 219 g/mol. The van der Waals surface area contributed by atoms with Crippen LogP contribution in [0.3, 0.4) is 0 Å². The third-order valence-corrected chi connectivity index (χ3v) is 3.54. The summed E-state index contributed by atoms with van der Waals surface area (Å²) >= 11 is 0. The van der Waals surface area contributed by atoms with Gasteiger partial charge in [0.15, 0.2) is 0 Å². The molecule has 0 spiro atoms. The molecule has 2 nitrogen and oxygen atoms in total. The molecule has 1 aliphatic rings. The van der Waals surface area contributed by atoms with E-state index in [9.17, 15) is 0 Å². The van der Waals surface area contributed by atoms with E-state index in [2.05, 4.69) is 30.9 Å². The van der Waals surface area contributed by atoms with Crippen LogP contribution in [-0.4, -0.2) is 23.1 Å². The highest BCUT2D eigenvalue weighted by atomic mass is 16.3. The lowest BCUT2D eigenvalue weighted by molar-refractivity contribution is 0.0614. The summed E-state index contributed by atoms with van der Waals surface area (Å²) in [5, 5.41) is 8.95. The normalized spacial score (nSPS) is 17.8. The Bertz CT molecular complexity index is 325. The first-order valence-corrected chi connectivity index (χ1v) is 6.10. The predicted molar refractivity (Wildman–Crippen MR) is 66.0 cm³/mol. The van der Waals surface area contributed by atoms with Gasteiger partial charge in [0.25, 0.3) is 0 Å². The smallest absolute Gasteiger partial charge is 0.0681 e. The van der Waals surface area contributed by atoms with Crippen molar-refractivity contribution in [3.63, 3.8) is 0 Å². The van der Waals surface area contributed by atoms with Crippen LogP contribution in [0.25, 0.3) is 0 Å². The molecule has 1 aromatic rings. The fraction of sp³-hybridized carbons (Fsp3) is 0.571. The average molecular weight is 219 g/mol. The highest BCUT2D eigenvalue weighted by molar-refractivity contribution is 5.22. The maximum Gasteiger partial charge on any atom is 0.0681 e. The van der Waals surface area contributed by atoms with Gasteiger partial charge in [-0.15, -0.1) is 0 Å². The van der Waals surface area contributed by atoms with E-state index in [4.69, 9.17) is 5.11 Å². The molecule has 1 aliphatic heterocycles. The van der Waals surface area contributed by atoms with E-state index < -0.39 is 0 Å². The Morgan fingerprint density at radius 1 is 1.19 bits per heavy atom. The Morgan fingerprint density at radius 2 is 1.75 bits per heavy atom. The fourth-order valence-electron chi connectivity index (χ4n) is 2.17. The van der Waals surface area contributed by atoms with Gasteiger partial charge in [0.05, 0.1) is 6.61 Å². The van der Waals surface area contributed by atoms with Gasteiger partial charge in [-0.3, -0.25) is 4.90 Å². The molecule has 1 aromatic carbocycles. The first-order chi connectivity index (χ1) is 7.69. The third-order valence-electron chi connectivity index (χ3n) is 3.54. The summed E-state index contributed by atoms with van der Waals surface area (Å²) in [6.07, 6.45) is 0. The molecule has 1 heterocycles. The van der Waals surface area contributed by atoms with Crippen molar-refractivity contribution in [2.75, 3.05) is 13.1 Å². The molecule has 16 heavy (non-hydrogen) atoms. The Balaban J connectivity index is 1.82. The first kappa shape index (κ1) is 11.6. The lowest BCUT2D eigenvalue weighted by Gasteiger charge is -2.41. The van der Waals surface area contributed by atoms with Crippen LogP contribution in [0.1, 0.15) is 25.0 Å². The van der Waals surface area contributed by atoms with Gasteiger partial charge >= 0.3 is 0 Å². The summed E-state index contributed by atoms with van der Waals surface area (Å²) in [5.41, 5.74) is 2.34. The molecule has 0 aromatic heterocycles. The SMILES string of the molecule is CC(C)C1CN(Cc2ccc(CO)cc2)C1. The Labute approximate surface area is 97.9 Å². The van der Waals surface area contributed by atoms with E-state index in [1.807, 2.05) is 12.1 Å². The topological polar surface area (TPSA) is 23.5 Å². The van der Waals surface area contributed by atoms with E-state index >= 15 is 0 Å². The van der Waals surface area contributed by atoms with Crippen LogP contribution in [0.2, 0.25) is 0 Å². The van der Waals surface area contributed by atoms with Crippen LogP contribution in [0.5, 0.6) is 0 Å². The molecule has 0 bridgehead atoms. The molecule has 0 unspecified atom stereocenters. The Kier molecular flexibility index (Phi) is 3.62. The second-order valence-corrected chi connectivity index (χ2v) is 5.17. The zero-order valence-corrected chi connectivity index (χ0v) is 10.2. The van der Waals surface area contributed by atoms with E-state index in [0.29, 0.717) is 0 Å². The molecule has 0 atom stereocenters. The molecule has 0 radical (unpaired) electrons. The first-order valence-electron chi connectivity index (χ1n) is 6.10. The van der Waals surface area contributed by atoms with Gasteiger partial charge in [-0.1, -0.05) is 38.1 Å². The summed E-state index contributed by atoms with van der Waals surface area (Å²) in [4.78, 5) is 2.48. The Morgan fingerprint density at radius 3 is 2.25 bits per heavy atom. The summed E-state index contributed by atoms with van der Waals surface area (Å²) in [6.45, 7) is 8.27.